The first-order chi connectivity index (χ1) is 11.8. The Morgan fingerprint density at radius 2 is 2.04 bits per heavy atom. The summed E-state index contributed by atoms with van der Waals surface area (Å²) in [4.78, 5) is 16.8. The highest BCUT2D eigenvalue weighted by atomic mass is 16.1. The summed E-state index contributed by atoms with van der Waals surface area (Å²) in [5.41, 5.74) is 3.69. The maximum Gasteiger partial charge on any atom is 0.272 e. The maximum absolute atomic E-state index is 12.2. The monoisotopic (exact) mass is 321 g/mol. The van der Waals surface area contributed by atoms with Crippen molar-refractivity contribution in [1.82, 2.24) is 20.5 Å². The number of aromatic nitrogens is 3. The number of carbonyl (C=O) groups is 1. The summed E-state index contributed by atoms with van der Waals surface area (Å²) in [7, 11) is 0. The summed E-state index contributed by atoms with van der Waals surface area (Å²) in [5, 5.41) is 14.4. The Bertz CT molecular complexity index is 886. The molecular weight excluding hydrogens is 302 g/mol. The van der Waals surface area contributed by atoms with Gasteiger partial charge in [-0.1, -0.05) is 18.2 Å². The number of aromatic amines is 1. The van der Waals surface area contributed by atoms with E-state index in [1.807, 2.05) is 36.4 Å². The summed E-state index contributed by atoms with van der Waals surface area (Å²) in [5.74, 6) is 0.700. The van der Waals surface area contributed by atoms with Crippen LogP contribution in [0.25, 0.3) is 10.9 Å². The molecule has 1 aliphatic rings. The molecule has 0 unspecified atom stereocenters. The van der Waals surface area contributed by atoms with Crippen molar-refractivity contribution in [3.05, 3.63) is 53.3 Å². The molecule has 2 aromatic heterocycles. The third-order valence-electron chi connectivity index (χ3n) is 4.34. The Kier molecular flexibility index (Phi) is 3.86. The van der Waals surface area contributed by atoms with Gasteiger partial charge in [0.2, 0.25) is 0 Å². The largest absolute Gasteiger partial charge is 0.368 e. The van der Waals surface area contributed by atoms with Gasteiger partial charge in [0.25, 0.3) is 5.91 Å². The number of fused-ring (bicyclic) bond motifs is 2. The lowest BCUT2D eigenvalue weighted by Gasteiger charge is -2.08. The number of anilines is 1. The molecule has 0 spiro atoms. The number of hydrogen-bond donors (Lipinski definition) is 3. The first-order valence-electron chi connectivity index (χ1n) is 8.25. The van der Waals surface area contributed by atoms with E-state index in [1.165, 1.54) is 0 Å². The summed E-state index contributed by atoms with van der Waals surface area (Å²) < 4.78 is 0. The molecule has 122 valence electrons. The number of benzene rings is 1. The molecule has 3 N–H and O–H groups in total. The molecule has 0 fully saturated rings. The van der Waals surface area contributed by atoms with Gasteiger partial charge in [-0.05, 0) is 37.5 Å². The fourth-order valence-electron chi connectivity index (χ4n) is 3.12. The van der Waals surface area contributed by atoms with Gasteiger partial charge in [-0.3, -0.25) is 9.89 Å². The third kappa shape index (κ3) is 2.82. The second-order valence-corrected chi connectivity index (χ2v) is 5.95. The zero-order chi connectivity index (χ0) is 16.4. The van der Waals surface area contributed by atoms with E-state index in [-0.39, 0.29) is 5.91 Å². The maximum atomic E-state index is 12.2. The van der Waals surface area contributed by atoms with Gasteiger partial charge in [-0.2, -0.15) is 5.10 Å². The highest BCUT2D eigenvalue weighted by Crippen LogP contribution is 2.22. The quantitative estimate of drug-likeness (QED) is 0.630. The van der Waals surface area contributed by atoms with Crippen LogP contribution in [0.4, 0.5) is 5.82 Å². The molecule has 0 radical (unpaired) electrons. The molecule has 1 aliphatic carbocycles. The van der Waals surface area contributed by atoms with Crippen LogP contribution in [0.1, 0.15) is 28.2 Å². The van der Waals surface area contributed by atoms with Gasteiger partial charge in [-0.15, -0.1) is 0 Å². The average molecular weight is 321 g/mol. The van der Waals surface area contributed by atoms with Crippen LogP contribution >= 0.6 is 0 Å². The number of hydrogen-bond acceptors (Lipinski definition) is 4. The zero-order valence-corrected chi connectivity index (χ0v) is 13.3. The molecule has 6 nitrogen and oxygen atoms in total. The van der Waals surface area contributed by atoms with Gasteiger partial charge in [0.1, 0.15) is 5.82 Å². The first kappa shape index (κ1) is 14.7. The molecule has 0 aliphatic heterocycles. The molecule has 2 heterocycles. The Hall–Kier alpha value is -2.89. The highest BCUT2D eigenvalue weighted by molar-refractivity contribution is 5.94. The van der Waals surface area contributed by atoms with Gasteiger partial charge in [-0.25, -0.2) is 4.98 Å². The lowest BCUT2D eigenvalue weighted by molar-refractivity contribution is 0.0949. The van der Waals surface area contributed by atoms with Crippen LogP contribution in [0.5, 0.6) is 0 Å². The summed E-state index contributed by atoms with van der Waals surface area (Å²) in [6, 6.07) is 12.0. The number of nitrogens with one attached hydrogen (secondary N) is 3. The number of nitrogens with zero attached hydrogens (tertiary/aromatic N) is 2. The molecule has 0 atom stereocenters. The highest BCUT2D eigenvalue weighted by Gasteiger charge is 2.22. The molecule has 4 rings (SSSR count). The summed E-state index contributed by atoms with van der Waals surface area (Å²) in [6.45, 7) is 1.14. The van der Waals surface area contributed by atoms with Gasteiger partial charge >= 0.3 is 0 Å². The van der Waals surface area contributed by atoms with Gasteiger partial charge < -0.3 is 10.6 Å². The van der Waals surface area contributed by atoms with Crippen molar-refractivity contribution in [2.45, 2.75) is 19.3 Å². The second kappa shape index (κ2) is 6.31. The van der Waals surface area contributed by atoms with Crippen LogP contribution in [0, 0.1) is 0 Å². The topological polar surface area (TPSA) is 82.7 Å². The lowest BCUT2D eigenvalue weighted by Crippen LogP contribution is -2.29. The standard InChI is InChI=1S/C18H19N5O/c24-18(17-13-5-3-7-15(13)22-23-17)20-11-10-19-16-9-8-12-4-1-2-6-14(12)21-16/h1-2,4,6,8-9H,3,5,7,10-11H2,(H,19,21)(H,20,24)(H,22,23). The Morgan fingerprint density at radius 1 is 1.12 bits per heavy atom. The van der Waals surface area contributed by atoms with Crippen LogP contribution in [-0.4, -0.2) is 34.2 Å². The summed E-state index contributed by atoms with van der Waals surface area (Å²) >= 11 is 0. The fraction of sp³-hybridized carbons (Fsp3) is 0.278. The van der Waals surface area contributed by atoms with Gasteiger partial charge in [0, 0.05) is 29.7 Å². The van der Waals surface area contributed by atoms with Crippen LogP contribution in [0.2, 0.25) is 0 Å². The van der Waals surface area contributed by atoms with Crippen molar-refractivity contribution in [2.24, 2.45) is 0 Å². The van der Waals surface area contributed by atoms with E-state index in [1.54, 1.807) is 0 Å². The second-order valence-electron chi connectivity index (χ2n) is 5.95. The van der Waals surface area contributed by atoms with E-state index in [4.69, 9.17) is 0 Å². The normalized spacial score (nSPS) is 13.0. The van der Waals surface area contributed by atoms with E-state index in [9.17, 15) is 4.79 Å². The molecule has 1 amide bonds. The third-order valence-corrected chi connectivity index (χ3v) is 4.34. The first-order valence-corrected chi connectivity index (χ1v) is 8.25. The molecule has 0 bridgehead atoms. The van der Waals surface area contributed by atoms with Crippen molar-refractivity contribution in [3.8, 4) is 0 Å². The van der Waals surface area contributed by atoms with Crippen LogP contribution < -0.4 is 10.6 Å². The molecular formula is C18H19N5O. The summed E-state index contributed by atoms with van der Waals surface area (Å²) in [6.07, 6.45) is 3.03. The number of carbonyl (C=O) groups excluding carboxylic acids is 1. The smallest absolute Gasteiger partial charge is 0.272 e. The Morgan fingerprint density at radius 3 is 3.00 bits per heavy atom. The molecule has 3 aromatic rings. The number of rotatable bonds is 5. The molecule has 1 aromatic carbocycles. The molecule has 6 heteroatoms. The predicted octanol–water partition coefficient (Wildman–Crippen LogP) is 2.29. The van der Waals surface area contributed by atoms with Crippen molar-refractivity contribution in [3.63, 3.8) is 0 Å². The van der Waals surface area contributed by atoms with Crippen molar-refractivity contribution in [1.29, 1.82) is 0 Å². The van der Waals surface area contributed by atoms with E-state index >= 15 is 0 Å². The van der Waals surface area contributed by atoms with Crippen molar-refractivity contribution in [2.75, 3.05) is 18.4 Å². The molecule has 0 saturated heterocycles. The molecule has 0 saturated carbocycles. The van der Waals surface area contributed by atoms with E-state index < -0.39 is 0 Å². The van der Waals surface area contributed by atoms with E-state index in [2.05, 4.69) is 25.8 Å². The SMILES string of the molecule is O=C(NCCNc1ccc2ccccc2n1)c1n[nH]c2c1CCC2. The van der Waals surface area contributed by atoms with Gasteiger partial charge in [0.05, 0.1) is 5.52 Å². The van der Waals surface area contributed by atoms with Crippen LogP contribution in [-0.2, 0) is 12.8 Å². The number of amides is 1. The number of H-pyrrole nitrogens is 1. The lowest BCUT2D eigenvalue weighted by atomic mass is 10.2. The number of aryl methyl sites for hydroxylation is 1. The van der Waals surface area contributed by atoms with Crippen molar-refractivity contribution >= 4 is 22.6 Å². The Balaban J connectivity index is 1.31. The minimum atomic E-state index is -0.109. The minimum Gasteiger partial charge on any atom is -0.368 e. The number of pyridine rings is 1. The van der Waals surface area contributed by atoms with E-state index in [0.717, 1.165) is 47.2 Å². The minimum absolute atomic E-state index is 0.109. The molecule has 24 heavy (non-hydrogen) atoms. The average Bonchev–Trinajstić information content (AvgIpc) is 3.22. The fourth-order valence-corrected chi connectivity index (χ4v) is 3.12. The van der Waals surface area contributed by atoms with Crippen molar-refractivity contribution < 1.29 is 4.79 Å². The van der Waals surface area contributed by atoms with Gasteiger partial charge in [0.15, 0.2) is 5.69 Å². The Labute approximate surface area is 139 Å². The van der Waals surface area contributed by atoms with Crippen LogP contribution in [0.3, 0.4) is 0 Å². The predicted molar refractivity (Wildman–Crippen MR) is 93.2 cm³/mol. The van der Waals surface area contributed by atoms with Crippen LogP contribution in [0.15, 0.2) is 36.4 Å². The van der Waals surface area contributed by atoms with E-state index in [0.29, 0.717) is 18.8 Å². The number of para-hydroxylation sites is 1. The zero-order valence-electron chi connectivity index (χ0n) is 13.3.